The van der Waals surface area contributed by atoms with Crippen LogP contribution < -0.4 is 10.1 Å². The first-order chi connectivity index (χ1) is 12.3. The highest BCUT2D eigenvalue weighted by Gasteiger charge is 2.34. The second-order valence-corrected chi connectivity index (χ2v) is 6.16. The molecular formula is C18H25N3O4. The lowest BCUT2D eigenvalue weighted by atomic mass is 10.1. The van der Waals surface area contributed by atoms with Crippen LogP contribution in [0.5, 0.6) is 5.75 Å². The van der Waals surface area contributed by atoms with Crippen LogP contribution in [-0.4, -0.2) is 80.2 Å². The van der Waals surface area contributed by atoms with Crippen LogP contribution >= 0.6 is 0 Å². The van der Waals surface area contributed by atoms with Gasteiger partial charge in [-0.1, -0.05) is 18.2 Å². The maximum Gasteiger partial charge on any atom is 0.246 e. The molecule has 2 amide bonds. The zero-order valence-electron chi connectivity index (χ0n) is 14.4. The molecule has 2 saturated heterocycles. The van der Waals surface area contributed by atoms with Crippen LogP contribution in [0.25, 0.3) is 0 Å². The van der Waals surface area contributed by atoms with Crippen molar-refractivity contribution in [2.75, 3.05) is 52.5 Å². The van der Waals surface area contributed by atoms with Gasteiger partial charge < -0.3 is 24.6 Å². The molecule has 1 aromatic rings. The smallest absolute Gasteiger partial charge is 0.246 e. The summed E-state index contributed by atoms with van der Waals surface area (Å²) in [5.41, 5.74) is 0. The Morgan fingerprint density at radius 3 is 2.68 bits per heavy atom. The number of piperazine rings is 1. The number of carbonyl (C=O) groups excluding carboxylic acids is 2. The van der Waals surface area contributed by atoms with Gasteiger partial charge in [-0.15, -0.1) is 0 Å². The number of para-hydroxylation sites is 1. The summed E-state index contributed by atoms with van der Waals surface area (Å²) < 4.78 is 10.9. The summed E-state index contributed by atoms with van der Waals surface area (Å²) in [7, 11) is 0. The number of hydrogen-bond acceptors (Lipinski definition) is 5. The van der Waals surface area contributed by atoms with Crippen molar-refractivity contribution in [3.63, 3.8) is 0 Å². The van der Waals surface area contributed by atoms with Crippen molar-refractivity contribution < 1.29 is 19.1 Å². The van der Waals surface area contributed by atoms with Gasteiger partial charge in [0.15, 0.2) is 0 Å². The molecule has 1 atom stereocenters. The fourth-order valence-corrected chi connectivity index (χ4v) is 3.13. The summed E-state index contributed by atoms with van der Waals surface area (Å²) in [6, 6.07) is 8.99. The molecule has 25 heavy (non-hydrogen) atoms. The monoisotopic (exact) mass is 347 g/mol. The first kappa shape index (κ1) is 17.7. The van der Waals surface area contributed by atoms with E-state index in [0.717, 1.165) is 5.75 Å². The summed E-state index contributed by atoms with van der Waals surface area (Å²) in [4.78, 5) is 28.9. The standard InChI is InChI=1S/C18H25N3O4/c22-17(6-11-25-15-4-2-1-3-5-15)21-8-7-19-14-16(21)18(23)20-9-12-24-13-10-20/h1-5,16,19H,6-14H2/t16-/m0/s1. The Bertz CT molecular complexity index is 575. The van der Waals surface area contributed by atoms with Gasteiger partial charge >= 0.3 is 0 Å². The molecule has 0 saturated carbocycles. The molecule has 2 aliphatic rings. The zero-order valence-corrected chi connectivity index (χ0v) is 14.4. The zero-order chi connectivity index (χ0) is 17.5. The summed E-state index contributed by atoms with van der Waals surface area (Å²) in [5, 5.41) is 3.22. The van der Waals surface area contributed by atoms with E-state index in [9.17, 15) is 9.59 Å². The van der Waals surface area contributed by atoms with Crippen LogP contribution in [0.4, 0.5) is 0 Å². The Morgan fingerprint density at radius 2 is 1.92 bits per heavy atom. The Kier molecular flexibility index (Phi) is 6.25. The lowest BCUT2D eigenvalue weighted by molar-refractivity contribution is -0.149. The average molecular weight is 347 g/mol. The van der Waals surface area contributed by atoms with Gasteiger partial charge in [0.05, 0.1) is 26.2 Å². The van der Waals surface area contributed by atoms with Crippen molar-refractivity contribution >= 4 is 11.8 Å². The molecule has 136 valence electrons. The molecule has 2 aliphatic heterocycles. The van der Waals surface area contributed by atoms with E-state index in [1.807, 2.05) is 30.3 Å². The highest BCUT2D eigenvalue weighted by Crippen LogP contribution is 2.13. The van der Waals surface area contributed by atoms with E-state index >= 15 is 0 Å². The molecule has 0 aliphatic carbocycles. The first-order valence-corrected chi connectivity index (χ1v) is 8.80. The molecule has 2 fully saturated rings. The van der Waals surface area contributed by atoms with Gasteiger partial charge in [-0.05, 0) is 12.1 Å². The van der Waals surface area contributed by atoms with Crippen LogP contribution in [0, 0.1) is 0 Å². The van der Waals surface area contributed by atoms with E-state index in [1.165, 1.54) is 0 Å². The normalized spacial score (nSPS) is 21.0. The van der Waals surface area contributed by atoms with Crippen molar-refractivity contribution in [2.45, 2.75) is 12.5 Å². The number of nitrogens with one attached hydrogen (secondary N) is 1. The molecular weight excluding hydrogens is 322 g/mol. The molecule has 3 rings (SSSR count). The Morgan fingerprint density at radius 1 is 1.16 bits per heavy atom. The molecule has 1 aromatic carbocycles. The number of amides is 2. The number of rotatable bonds is 5. The average Bonchev–Trinajstić information content (AvgIpc) is 2.69. The second-order valence-electron chi connectivity index (χ2n) is 6.16. The third-order valence-electron chi connectivity index (χ3n) is 4.50. The van der Waals surface area contributed by atoms with Crippen molar-refractivity contribution in [1.29, 1.82) is 0 Å². The lowest BCUT2D eigenvalue weighted by Gasteiger charge is -2.39. The summed E-state index contributed by atoms with van der Waals surface area (Å²) in [6.07, 6.45) is 0.266. The van der Waals surface area contributed by atoms with E-state index in [0.29, 0.717) is 52.5 Å². The van der Waals surface area contributed by atoms with Crippen molar-refractivity contribution in [3.8, 4) is 5.75 Å². The molecule has 0 aromatic heterocycles. The van der Waals surface area contributed by atoms with E-state index in [-0.39, 0.29) is 18.2 Å². The maximum absolute atomic E-state index is 12.8. The molecule has 0 radical (unpaired) electrons. The number of benzene rings is 1. The lowest BCUT2D eigenvalue weighted by Crippen LogP contribution is -2.61. The fourth-order valence-electron chi connectivity index (χ4n) is 3.13. The molecule has 0 bridgehead atoms. The summed E-state index contributed by atoms with van der Waals surface area (Å²) in [6.45, 7) is 4.37. The minimum Gasteiger partial charge on any atom is -0.493 e. The third-order valence-corrected chi connectivity index (χ3v) is 4.50. The number of hydrogen-bond donors (Lipinski definition) is 1. The largest absolute Gasteiger partial charge is 0.493 e. The molecule has 1 N–H and O–H groups in total. The Labute approximate surface area is 147 Å². The number of nitrogens with zero attached hydrogens (tertiary/aromatic N) is 2. The van der Waals surface area contributed by atoms with Gasteiger partial charge in [0, 0.05) is 32.7 Å². The topological polar surface area (TPSA) is 71.1 Å². The number of morpholine rings is 1. The molecule has 0 spiro atoms. The minimum atomic E-state index is -0.434. The van der Waals surface area contributed by atoms with E-state index in [2.05, 4.69) is 5.32 Å². The van der Waals surface area contributed by atoms with Gasteiger partial charge in [0.1, 0.15) is 11.8 Å². The van der Waals surface area contributed by atoms with E-state index < -0.39 is 6.04 Å². The minimum absolute atomic E-state index is 0.00725. The predicted octanol–water partition coefficient (Wildman–Crippen LogP) is 0.115. The SMILES string of the molecule is O=C([C@@H]1CNCCN1C(=O)CCOc1ccccc1)N1CCOCC1. The predicted molar refractivity (Wildman–Crippen MR) is 92.3 cm³/mol. The van der Waals surface area contributed by atoms with Gasteiger partial charge in [-0.2, -0.15) is 0 Å². The van der Waals surface area contributed by atoms with Crippen LogP contribution in [0.2, 0.25) is 0 Å². The molecule has 7 heteroatoms. The van der Waals surface area contributed by atoms with Gasteiger partial charge in [-0.3, -0.25) is 9.59 Å². The van der Waals surface area contributed by atoms with Crippen molar-refractivity contribution in [2.24, 2.45) is 0 Å². The second kappa shape index (κ2) is 8.82. The van der Waals surface area contributed by atoms with Crippen molar-refractivity contribution in [3.05, 3.63) is 30.3 Å². The number of carbonyl (C=O) groups is 2. The van der Waals surface area contributed by atoms with Crippen LogP contribution in [0.1, 0.15) is 6.42 Å². The highest BCUT2D eigenvalue weighted by atomic mass is 16.5. The fraction of sp³-hybridized carbons (Fsp3) is 0.556. The van der Waals surface area contributed by atoms with E-state index in [1.54, 1.807) is 9.80 Å². The Balaban J connectivity index is 1.54. The van der Waals surface area contributed by atoms with Crippen LogP contribution in [-0.2, 0) is 14.3 Å². The van der Waals surface area contributed by atoms with E-state index in [4.69, 9.17) is 9.47 Å². The highest BCUT2D eigenvalue weighted by molar-refractivity contribution is 5.88. The Hall–Kier alpha value is -2.12. The third kappa shape index (κ3) is 4.70. The van der Waals surface area contributed by atoms with Gasteiger partial charge in [0.25, 0.3) is 0 Å². The molecule has 7 nitrogen and oxygen atoms in total. The van der Waals surface area contributed by atoms with Gasteiger partial charge in [-0.25, -0.2) is 0 Å². The maximum atomic E-state index is 12.8. The molecule has 2 heterocycles. The van der Waals surface area contributed by atoms with Crippen LogP contribution in [0.3, 0.4) is 0 Å². The number of ether oxygens (including phenoxy) is 2. The summed E-state index contributed by atoms with van der Waals surface area (Å²) >= 11 is 0. The van der Waals surface area contributed by atoms with Gasteiger partial charge in [0.2, 0.25) is 11.8 Å². The van der Waals surface area contributed by atoms with Crippen molar-refractivity contribution in [1.82, 2.24) is 15.1 Å². The quantitative estimate of drug-likeness (QED) is 0.819. The van der Waals surface area contributed by atoms with Crippen LogP contribution in [0.15, 0.2) is 30.3 Å². The molecule has 0 unspecified atom stereocenters. The summed E-state index contributed by atoms with van der Waals surface area (Å²) in [5.74, 6) is 0.716. The first-order valence-electron chi connectivity index (χ1n) is 8.80.